The molecule has 0 aromatic heterocycles. The molecule has 0 radical (unpaired) electrons. The molecule has 0 aromatic rings. The van der Waals surface area contributed by atoms with E-state index < -0.39 is 0 Å². The van der Waals surface area contributed by atoms with E-state index in [2.05, 4.69) is 22.6 Å². The third-order valence-electron chi connectivity index (χ3n) is 2.61. The second-order valence-electron chi connectivity index (χ2n) is 3.29. The molecule has 2 atom stereocenters. The van der Waals surface area contributed by atoms with Crippen LogP contribution in [0.2, 0.25) is 0 Å². The summed E-state index contributed by atoms with van der Waals surface area (Å²) in [6.45, 7) is 3.40. The Bertz CT molecular complexity index is 124. The van der Waals surface area contributed by atoms with Crippen LogP contribution in [0.4, 0.5) is 0 Å². The Labute approximate surface area is 61.8 Å². The van der Waals surface area contributed by atoms with Crippen molar-refractivity contribution in [3.8, 4) is 0 Å². The molecule has 58 valence electrons. The van der Waals surface area contributed by atoms with Gasteiger partial charge in [0, 0.05) is 25.3 Å². The first-order valence-electron chi connectivity index (χ1n) is 4.02. The zero-order valence-corrected chi connectivity index (χ0v) is 6.43. The number of hydrogen-bond donors (Lipinski definition) is 2. The molecule has 0 spiro atoms. The van der Waals surface area contributed by atoms with Crippen LogP contribution in [0.5, 0.6) is 0 Å². The highest BCUT2D eigenvalue weighted by molar-refractivity contribution is 4.93. The summed E-state index contributed by atoms with van der Waals surface area (Å²) in [5.41, 5.74) is 0. The second-order valence-corrected chi connectivity index (χ2v) is 3.29. The van der Waals surface area contributed by atoms with Crippen molar-refractivity contribution >= 4 is 0 Å². The molecule has 2 saturated heterocycles. The quantitative estimate of drug-likeness (QED) is 0.463. The van der Waals surface area contributed by atoms with Gasteiger partial charge in [0.05, 0.1) is 0 Å². The molecular weight excluding hydrogens is 126 g/mol. The molecule has 2 heterocycles. The van der Waals surface area contributed by atoms with Gasteiger partial charge in [0.2, 0.25) is 0 Å². The average molecular weight is 141 g/mol. The summed E-state index contributed by atoms with van der Waals surface area (Å²) in [5, 5.41) is 6.86. The van der Waals surface area contributed by atoms with Crippen LogP contribution in [0.1, 0.15) is 6.42 Å². The Morgan fingerprint density at radius 3 is 3.20 bits per heavy atom. The number of nitrogens with one attached hydrogen (secondary N) is 2. The lowest BCUT2D eigenvalue weighted by Crippen LogP contribution is -2.48. The summed E-state index contributed by atoms with van der Waals surface area (Å²) in [5.74, 6) is 0. The standard InChI is InChI=1S/C7H15N3/c1-10-5-9-6-4-8-3-2-7(6)10/h6-9H,2-5H2,1H3. The highest BCUT2D eigenvalue weighted by Gasteiger charge is 2.32. The Morgan fingerprint density at radius 2 is 2.40 bits per heavy atom. The predicted octanol–water partition coefficient (Wildman–Crippen LogP) is -0.791. The smallest absolute Gasteiger partial charge is 0.0484 e. The molecule has 2 unspecified atom stereocenters. The van der Waals surface area contributed by atoms with Gasteiger partial charge in [-0.25, -0.2) is 0 Å². The lowest BCUT2D eigenvalue weighted by molar-refractivity contribution is 0.255. The summed E-state index contributed by atoms with van der Waals surface area (Å²) in [6, 6.07) is 1.50. The molecule has 2 rings (SSSR count). The minimum Gasteiger partial charge on any atom is -0.315 e. The van der Waals surface area contributed by atoms with Crippen molar-refractivity contribution < 1.29 is 0 Å². The van der Waals surface area contributed by atoms with Crippen molar-refractivity contribution in [3.05, 3.63) is 0 Å². The molecule has 2 aliphatic heterocycles. The highest BCUT2D eigenvalue weighted by Crippen LogP contribution is 2.14. The van der Waals surface area contributed by atoms with Crippen molar-refractivity contribution in [2.24, 2.45) is 0 Å². The minimum atomic E-state index is 0.707. The van der Waals surface area contributed by atoms with Gasteiger partial charge >= 0.3 is 0 Å². The zero-order chi connectivity index (χ0) is 6.97. The van der Waals surface area contributed by atoms with Crippen molar-refractivity contribution in [1.29, 1.82) is 0 Å². The number of hydrogen-bond acceptors (Lipinski definition) is 3. The van der Waals surface area contributed by atoms with Crippen molar-refractivity contribution in [3.63, 3.8) is 0 Å². The predicted molar refractivity (Wildman–Crippen MR) is 40.8 cm³/mol. The number of fused-ring (bicyclic) bond motifs is 1. The number of likely N-dealkylation sites (N-methyl/N-ethyl adjacent to an activating group) is 1. The normalized spacial score (nSPS) is 41.7. The lowest BCUT2D eigenvalue weighted by Gasteiger charge is -2.28. The third kappa shape index (κ3) is 0.944. The van der Waals surface area contributed by atoms with Crippen LogP contribution in [0.3, 0.4) is 0 Å². The fraction of sp³-hybridized carbons (Fsp3) is 1.00. The fourth-order valence-electron chi connectivity index (χ4n) is 1.96. The van der Waals surface area contributed by atoms with Crippen LogP contribution in [0.15, 0.2) is 0 Å². The molecule has 0 amide bonds. The van der Waals surface area contributed by atoms with Crippen LogP contribution in [0, 0.1) is 0 Å². The first-order chi connectivity index (χ1) is 4.88. The molecule has 2 fully saturated rings. The van der Waals surface area contributed by atoms with Crippen molar-refractivity contribution in [2.75, 3.05) is 26.8 Å². The van der Waals surface area contributed by atoms with Gasteiger partial charge in [0.15, 0.2) is 0 Å². The van der Waals surface area contributed by atoms with E-state index in [9.17, 15) is 0 Å². The molecule has 10 heavy (non-hydrogen) atoms. The Balaban J connectivity index is 2.01. The van der Waals surface area contributed by atoms with Gasteiger partial charge in [0.25, 0.3) is 0 Å². The zero-order valence-electron chi connectivity index (χ0n) is 6.43. The van der Waals surface area contributed by atoms with Crippen LogP contribution < -0.4 is 10.6 Å². The Kier molecular flexibility index (Phi) is 1.64. The second kappa shape index (κ2) is 2.49. The first kappa shape index (κ1) is 6.58. The largest absolute Gasteiger partial charge is 0.315 e. The number of piperidine rings is 1. The maximum atomic E-state index is 3.47. The summed E-state index contributed by atoms with van der Waals surface area (Å²) in [4.78, 5) is 2.41. The Morgan fingerprint density at radius 1 is 1.50 bits per heavy atom. The van der Waals surface area contributed by atoms with E-state index in [1.807, 2.05) is 0 Å². The number of rotatable bonds is 0. The van der Waals surface area contributed by atoms with Gasteiger partial charge in [-0.05, 0) is 20.0 Å². The molecule has 0 bridgehead atoms. The topological polar surface area (TPSA) is 27.3 Å². The molecule has 0 aromatic carbocycles. The van der Waals surface area contributed by atoms with Gasteiger partial charge in [-0.3, -0.25) is 10.2 Å². The van der Waals surface area contributed by atoms with Gasteiger partial charge in [-0.1, -0.05) is 0 Å². The summed E-state index contributed by atoms with van der Waals surface area (Å²) >= 11 is 0. The van der Waals surface area contributed by atoms with Crippen molar-refractivity contribution in [2.45, 2.75) is 18.5 Å². The van der Waals surface area contributed by atoms with Gasteiger partial charge < -0.3 is 5.32 Å². The van der Waals surface area contributed by atoms with Gasteiger partial charge in [-0.2, -0.15) is 0 Å². The van der Waals surface area contributed by atoms with Gasteiger partial charge in [-0.15, -0.1) is 0 Å². The maximum absolute atomic E-state index is 3.47. The fourth-order valence-corrected chi connectivity index (χ4v) is 1.96. The lowest BCUT2D eigenvalue weighted by atomic mass is 10.0. The molecule has 3 heteroatoms. The van der Waals surface area contributed by atoms with Crippen LogP contribution in [0.25, 0.3) is 0 Å². The van der Waals surface area contributed by atoms with E-state index in [1.54, 1.807) is 0 Å². The monoisotopic (exact) mass is 141 g/mol. The van der Waals surface area contributed by atoms with E-state index >= 15 is 0 Å². The summed E-state index contributed by atoms with van der Waals surface area (Å²) in [7, 11) is 2.20. The maximum Gasteiger partial charge on any atom is 0.0484 e. The van der Waals surface area contributed by atoms with E-state index in [4.69, 9.17) is 0 Å². The van der Waals surface area contributed by atoms with Crippen LogP contribution in [-0.4, -0.2) is 43.8 Å². The highest BCUT2D eigenvalue weighted by atomic mass is 15.3. The van der Waals surface area contributed by atoms with Crippen LogP contribution >= 0.6 is 0 Å². The van der Waals surface area contributed by atoms with E-state index in [0.29, 0.717) is 6.04 Å². The summed E-state index contributed by atoms with van der Waals surface area (Å²) < 4.78 is 0. The average Bonchev–Trinajstić information content (AvgIpc) is 2.34. The Hall–Kier alpha value is -0.120. The molecular formula is C7H15N3. The molecule has 0 saturated carbocycles. The summed E-state index contributed by atoms with van der Waals surface area (Å²) in [6.07, 6.45) is 1.30. The van der Waals surface area contributed by atoms with Crippen LogP contribution in [-0.2, 0) is 0 Å². The van der Waals surface area contributed by atoms with E-state index in [0.717, 1.165) is 19.3 Å². The minimum absolute atomic E-state index is 0.707. The third-order valence-corrected chi connectivity index (χ3v) is 2.61. The van der Waals surface area contributed by atoms with E-state index in [-0.39, 0.29) is 0 Å². The van der Waals surface area contributed by atoms with Gasteiger partial charge in [0.1, 0.15) is 0 Å². The molecule has 3 nitrogen and oxygen atoms in total. The molecule has 2 aliphatic rings. The molecule has 0 aliphatic carbocycles. The van der Waals surface area contributed by atoms with Crippen molar-refractivity contribution in [1.82, 2.24) is 15.5 Å². The van der Waals surface area contributed by atoms with E-state index in [1.165, 1.54) is 13.0 Å². The number of nitrogens with zero attached hydrogens (tertiary/aromatic N) is 1. The SMILES string of the molecule is CN1CNC2CNCCC21. The first-order valence-corrected chi connectivity index (χ1v) is 4.02. The molecule has 2 N–H and O–H groups in total.